The van der Waals surface area contributed by atoms with E-state index in [2.05, 4.69) is 5.32 Å². The van der Waals surface area contributed by atoms with Gasteiger partial charge in [-0.2, -0.15) is 0 Å². The molecule has 1 aromatic heterocycles. The van der Waals surface area contributed by atoms with Gasteiger partial charge in [-0.3, -0.25) is 9.59 Å². The summed E-state index contributed by atoms with van der Waals surface area (Å²) in [4.78, 5) is 26.9. The Morgan fingerprint density at radius 3 is 2.67 bits per heavy atom. The lowest BCUT2D eigenvalue weighted by Crippen LogP contribution is -2.47. The highest BCUT2D eigenvalue weighted by Gasteiger charge is 2.35. The standard InChI is InChI=1S/C18H20N2O3S/c1-12-8-9-16(23-12)13(2)19-17(21)15-10-24-11-20(15)18(22)14-6-4-3-5-7-14/h3-9,13,15H,10-11H2,1-2H3,(H,19,21). The summed E-state index contributed by atoms with van der Waals surface area (Å²) in [5.41, 5.74) is 0.604. The van der Waals surface area contributed by atoms with Crippen LogP contribution in [0.25, 0.3) is 0 Å². The van der Waals surface area contributed by atoms with Gasteiger partial charge in [0.15, 0.2) is 0 Å². The number of carbonyl (C=O) groups excluding carboxylic acids is 2. The highest BCUT2D eigenvalue weighted by Crippen LogP contribution is 2.24. The zero-order valence-electron chi connectivity index (χ0n) is 13.7. The van der Waals surface area contributed by atoms with Crippen molar-refractivity contribution in [1.29, 1.82) is 0 Å². The van der Waals surface area contributed by atoms with Crippen LogP contribution in [0.2, 0.25) is 0 Å². The lowest BCUT2D eigenvalue weighted by atomic mass is 10.1. The van der Waals surface area contributed by atoms with E-state index in [1.807, 2.05) is 44.2 Å². The predicted molar refractivity (Wildman–Crippen MR) is 93.7 cm³/mol. The summed E-state index contributed by atoms with van der Waals surface area (Å²) in [5.74, 6) is 2.40. The van der Waals surface area contributed by atoms with Gasteiger partial charge in [0, 0.05) is 11.3 Å². The average Bonchev–Trinajstić information content (AvgIpc) is 3.24. The lowest BCUT2D eigenvalue weighted by Gasteiger charge is -2.24. The Labute approximate surface area is 145 Å². The summed E-state index contributed by atoms with van der Waals surface area (Å²) in [5, 5.41) is 2.95. The molecule has 2 amide bonds. The SMILES string of the molecule is Cc1ccc(C(C)NC(=O)C2CSCN2C(=O)c2ccccc2)o1. The minimum Gasteiger partial charge on any atom is -0.464 e. The quantitative estimate of drug-likeness (QED) is 0.926. The van der Waals surface area contributed by atoms with E-state index in [4.69, 9.17) is 4.42 Å². The van der Waals surface area contributed by atoms with Crippen LogP contribution in [0.15, 0.2) is 46.9 Å². The van der Waals surface area contributed by atoms with Crippen molar-refractivity contribution in [3.05, 3.63) is 59.5 Å². The summed E-state index contributed by atoms with van der Waals surface area (Å²) >= 11 is 1.59. The van der Waals surface area contributed by atoms with Gasteiger partial charge in [0.25, 0.3) is 5.91 Å². The molecule has 2 unspecified atom stereocenters. The van der Waals surface area contributed by atoms with E-state index >= 15 is 0 Å². The van der Waals surface area contributed by atoms with Crippen LogP contribution in [0.1, 0.15) is 34.8 Å². The van der Waals surface area contributed by atoms with Crippen LogP contribution in [0, 0.1) is 6.92 Å². The van der Waals surface area contributed by atoms with Gasteiger partial charge in [-0.15, -0.1) is 11.8 Å². The molecular weight excluding hydrogens is 324 g/mol. The smallest absolute Gasteiger partial charge is 0.255 e. The number of rotatable bonds is 4. The van der Waals surface area contributed by atoms with E-state index in [9.17, 15) is 9.59 Å². The van der Waals surface area contributed by atoms with E-state index in [0.717, 1.165) is 5.76 Å². The molecule has 0 saturated carbocycles. The number of amides is 2. The third-order valence-electron chi connectivity index (χ3n) is 4.01. The third kappa shape index (κ3) is 3.48. The van der Waals surface area contributed by atoms with Gasteiger partial charge < -0.3 is 14.6 Å². The number of thioether (sulfide) groups is 1. The molecule has 126 valence electrons. The summed E-state index contributed by atoms with van der Waals surface area (Å²) in [6.07, 6.45) is 0. The molecular formula is C18H20N2O3S. The van der Waals surface area contributed by atoms with Crippen LogP contribution in [0.4, 0.5) is 0 Å². The van der Waals surface area contributed by atoms with Crippen molar-refractivity contribution in [2.24, 2.45) is 0 Å². The van der Waals surface area contributed by atoms with Gasteiger partial charge in [0.2, 0.25) is 5.91 Å². The van der Waals surface area contributed by atoms with Crippen molar-refractivity contribution in [2.75, 3.05) is 11.6 Å². The third-order valence-corrected chi connectivity index (χ3v) is 5.03. The predicted octanol–water partition coefficient (Wildman–Crippen LogP) is 2.98. The van der Waals surface area contributed by atoms with Crippen molar-refractivity contribution in [2.45, 2.75) is 25.9 Å². The summed E-state index contributed by atoms with van der Waals surface area (Å²) < 4.78 is 5.55. The average molecular weight is 344 g/mol. The molecule has 1 aromatic carbocycles. The number of aryl methyl sites for hydroxylation is 1. The topological polar surface area (TPSA) is 62.6 Å². The normalized spacial score (nSPS) is 18.4. The number of benzene rings is 1. The molecule has 6 heteroatoms. The molecule has 3 rings (SSSR count). The largest absolute Gasteiger partial charge is 0.464 e. The van der Waals surface area contributed by atoms with Crippen molar-refractivity contribution in [1.82, 2.24) is 10.2 Å². The molecule has 2 heterocycles. The molecule has 5 nitrogen and oxygen atoms in total. The van der Waals surface area contributed by atoms with Gasteiger partial charge in [0.05, 0.1) is 11.9 Å². The van der Waals surface area contributed by atoms with Crippen LogP contribution in [0.5, 0.6) is 0 Å². The van der Waals surface area contributed by atoms with Crippen LogP contribution in [-0.2, 0) is 4.79 Å². The molecule has 0 aliphatic carbocycles. The van der Waals surface area contributed by atoms with Crippen molar-refractivity contribution in [3.8, 4) is 0 Å². The zero-order valence-corrected chi connectivity index (χ0v) is 14.5. The van der Waals surface area contributed by atoms with Gasteiger partial charge in [-0.25, -0.2) is 0 Å². The fourth-order valence-electron chi connectivity index (χ4n) is 2.67. The van der Waals surface area contributed by atoms with Crippen molar-refractivity contribution < 1.29 is 14.0 Å². The molecule has 0 spiro atoms. The number of hydrogen-bond acceptors (Lipinski definition) is 4. The second-order valence-electron chi connectivity index (χ2n) is 5.84. The number of nitrogens with zero attached hydrogens (tertiary/aromatic N) is 1. The first kappa shape index (κ1) is 16.6. The molecule has 1 aliphatic rings. The summed E-state index contributed by atoms with van der Waals surface area (Å²) in [7, 11) is 0. The van der Waals surface area contributed by atoms with E-state index in [1.54, 1.807) is 28.8 Å². The molecule has 2 aromatic rings. The summed E-state index contributed by atoms with van der Waals surface area (Å²) in [6.45, 7) is 3.74. The molecule has 0 radical (unpaired) electrons. The maximum atomic E-state index is 12.6. The molecule has 1 N–H and O–H groups in total. The van der Waals surface area contributed by atoms with Crippen LogP contribution in [0.3, 0.4) is 0 Å². The van der Waals surface area contributed by atoms with Crippen molar-refractivity contribution in [3.63, 3.8) is 0 Å². The Bertz CT molecular complexity index is 729. The van der Waals surface area contributed by atoms with E-state index in [0.29, 0.717) is 23.0 Å². The maximum Gasteiger partial charge on any atom is 0.255 e. The molecule has 0 bridgehead atoms. The van der Waals surface area contributed by atoms with Crippen LogP contribution in [-0.4, -0.2) is 34.4 Å². The fourth-order valence-corrected chi connectivity index (χ4v) is 3.83. The molecule has 1 aliphatic heterocycles. The molecule has 24 heavy (non-hydrogen) atoms. The van der Waals surface area contributed by atoms with Gasteiger partial charge >= 0.3 is 0 Å². The lowest BCUT2D eigenvalue weighted by molar-refractivity contribution is -0.125. The number of nitrogens with one attached hydrogen (secondary N) is 1. The first-order valence-electron chi connectivity index (χ1n) is 7.86. The number of furan rings is 1. The van der Waals surface area contributed by atoms with E-state index in [1.165, 1.54) is 0 Å². The maximum absolute atomic E-state index is 12.6. The zero-order chi connectivity index (χ0) is 17.1. The Hall–Kier alpha value is -2.21. The monoisotopic (exact) mass is 344 g/mol. The fraction of sp³-hybridized carbons (Fsp3) is 0.333. The Balaban J connectivity index is 1.68. The van der Waals surface area contributed by atoms with Crippen molar-refractivity contribution >= 4 is 23.6 Å². The minimum atomic E-state index is -0.457. The first-order chi connectivity index (χ1) is 11.6. The van der Waals surface area contributed by atoms with Gasteiger partial charge in [0.1, 0.15) is 17.6 Å². The highest BCUT2D eigenvalue weighted by molar-refractivity contribution is 7.99. The number of hydrogen-bond donors (Lipinski definition) is 1. The van der Waals surface area contributed by atoms with E-state index < -0.39 is 6.04 Å². The number of carbonyl (C=O) groups is 2. The minimum absolute atomic E-state index is 0.109. The van der Waals surface area contributed by atoms with Crippen LogP contribution >= 0.6 is 11.8 Å². The molecule has 1 fully saturated rings. The first-order valence-corrected chi connectivity index (χ1v) is 9.02. The highest BCUT2D eigenvalue weighted by atomic mass is 32.2. The van der Waals surface area contributed by atoms with Gasteiger partial charge in [-0.05, 0) is 38.1 Å². The van der Waals surface area contributed by atoms with Gasteiger partial charge in [-0.1, -0.05) is 18.2 Å². The van der Waals surface area contributed by atoms with E-state index in [-0.39, 0.29) is 17.9 Å². The Morgan fingerprint density at radius 2 is 2.00 bits per heavy atom. The Kier molecular flexibility index (Phi) is 4.94. The second-order valence-corrected chi connectivity index (χ2v) is 6.84. The Morgan fingerprint density at radius 1 is 1.25 bits per heavy atom. The summed E-state index contributed by atoms with van der Waals surface area (Å²) in [6, 6.07) is 12.1. The molecule has 2 atom stereocenters. The second kappa shape index (κ2) is 7.13. The van der Waals surface area contributed by atoms with Crippen LogP contribution < -0.4 is 5.32 Å². The molecule has 1 saturated heterocycles.